The van der Waals surface area contributed by atoms with Crippen LogP contribution in [0.25, 0.3) is 0 Å². The highest BCUT2D eigenvalue weighted by atomic mass is 125. The summed E-state index contributed by atoms with van der Waals surface area (Å²) in [6.07, 6.45) is 3.62. The van der Waals surface area contributed by atoms with E-state index in [1.807, 2.05) is 12.1 Å². The maximum absolute atomic E-state index is 11.5. The van der Waals surface area contributed by atoms with Gasteiger partial charge < -0.3 is 5.11 Å². The average Bonchev–Trinajstić information content (AvgIpc) is 3.03. The standard InChI is InChI=1S/C12H13IO2/c13-10-7-8(2-6-12(10)15)1-5-11(14)9-3-4-9/h2,6-7,9,15H,1,3-5H2/i13-2. The predicted molar refractivity (Wildman–Crippen MR) is 66.9 cm³/mol. The van der Waals surface area contributed by atoms with E-state index in [9.17, 15) is 9.90 Å². The molecule has 0 radical (unpaired) electrons. The van der Waals surface area contributed by atoms with Crippen LogP contribution in [0.15, 0.2) is 18.2 Å². The van der Waals surface area contributed by atoms with Crippen LogP contribution < -0.4 is 0 Å². The van der Waals surface area contributed by atoms with Gasteiger partial charge in [-0.15, -0.1) is 0 Å². The Morgan fingerprint density at radius 1 is 1.47 bits per heavy atom. The number of aryl methyl sites for hydroxylation is 1. The number of carbonyl (C=O) groups is 1. The van der Waals surface area contributed by atoms with Crippen LogP contribution in [0.1, 0.15) is 24.8 Å². The van der Waals surface area contributed by atoms with E-state index in [0.717, 1.165) is 28.4 Å². The molecule has 2 nitrogen and oxygen atoms in total. The van der Waals surface area contributed by atoms with Gasteiger partial charge in [0, 0.05) is 12.3 Å². The first-order chi connectivity index (χ1) is 7.16. The molecule has 0 aromatic heterocycles. The van der Waals surface area contributed by atoms with Gasteiger partial charge in [0.05, 0.1) is 3.57 Å². The normalized spacial score (nSPS) is 15.3. The minimum absolute atomic E-state index is 0.313. The number of Topliss-reactive ketones (excluding diaryl/α,β-unsaturated/α-hetero) is 1. The molecule has 1 aromatic carbocycles. The summed E-state index contributed by atoms with van der Waals surface area (Å²) in [6, 6.07) is 5.52. The summed E-state index contributed by atoms with van der Waals surface area (Å²) >= 11 is 2.10. The summed E-state index contributed by atoms with van der Waals surface area (Å²) in [6.45, 7) is 0. The molecule has 0 spiro atoms. The largest absolute Gasteiger partial charge is 0.507 e. The van der Waals surface area contributed by atoms with Gasteiger partial charge in [0.25, 0.3) is 0 Å². The molecule has 1 aliphatic carbocycles. The highest BCUT2D eigenvalue weighted by Crippen LogP contribution is 2.31. The van der Waals surface area contributed by atoms with E-state index in [-0.39, 0.29) is 0 Å². The van der Waals surface area contributed by atoms with Crippen LogP contribution in [-0.2, 0) is 11.2 Å². The van der Waals surface area contributed by atoms with Gasteiger partial charge in [0.2, 0.25) is 0 Å². The van der Waals surface area contributed by atoms with Crippen molar-refractivity contribution in [2.45, 2.75) is 25.7 Å². The first-order valence-electron chi connectivity index (χ1n) is 5.17. The lowest BCUT2D eigenvalue weighted by atomic mass is 10.1. The zero-order chi connectivity index (χ0) is 10.8. The smallest absolute Gasteiger partial charge is 0.136 e. The Bertz CT molecular complexity index is 383. The third kappa shape index (κ3) is 2.93. The monoisotopic (exact) mass is 314 g/mol. The zero-order valence-electron chi connectivity index (χ0n) is 8.37. The number of rotatable bonds is 4. The number of hydrogen-bond donors (Lipinski definition) is 1. The van der Waals surface area contributed by atoms with Crippen molar-refractivity contribution in [3.63, 3.8) is 0 Å². The van der Waals surface area contributed by atoms with Crippen molar-refractivity contribution in [2.24, 2.45) is 5.92 Å². The second kappa shape index (κ2) is 4.51. The molecule has 0 amide bonds. The summed E-state index contributed by atoms with van der Waals surface area (Å²) in [5, 5.41) is 9.34. The number of ketones is 1. The van der Waals surface area contributed by atoms with E-state index < -0.39 is 0 Å². The average molecular weight is 314 g/mol. The van der Waals surface area contributed by atoms with Gasteiger partial charge in [-0.05, 0) is 59.5 Å². The summed E-state index contributed by atoms with van der Waals surface area (Å²) < 4.78 is 0.851. The quantitative estimate of drug-likeness (QED) is 0.868. The van der Waals surface area contributed by atoms with E-state index >= 15 is 0 Å². The first-order valence-corrected chi connectivity index (χ1v) is 6.25. The number of carbonyl (C=O) groups excluding carboxylic acids is 1. The van der Waals surface area contributed by atoms with Crippen LogP contribution >= 0.6 is 22.6 Å². The van der Waals surface area contributed by atoms with Crippen LogP contribution in [0.2, 0.25) is 0 Å². The summed E-state index contributed by atoms with van der Waals surface area (Å²) in [7, 11) is 0. The SMILES string of the molecule is O=C(CCc1ccc(O)c([125I])c1)C1CC1. The highest BCUT2D eigenvalue weighted by molar-refractivity contribution is 14.1. The predicted octanol–water partition coefficient (Wildman–Crippen LogP) is 2.91. The fraction of sp³-hybridized carbons (Fsp3) is 0.417. The maximum Gasteiger partial charge on any atom is 0.136 e. The number of aromatic hydroxyl groups is 1. The van der Waals surface area contributed by atoms with Gasteiger partial charge in [-0.3, -0.25) is 4.79 Å². The van der Waals surface area contributed by atoms with E-state index in [0.29, 0.717) is 23.9 Å². The number of halogens is 1. The zero-order valence-corrected chi connectivity index (χ0v) is 10.5. The highest BCUT2D eigenvalue weighted by Gasteiger charge is 2.28. The molecule has 1 aliphatic rings. The molecule has 1 saturated carbocycles. The number of phenols is 1. The van der Waals surface area contributed by atoms with Gasteiger partial charge in [0.15, 0.2) is 0 Å². The Hall–Kier alpha value is -0.580. The molecular formula is C12H13IO2. The van der Waals surface area contributed by atoms with Gasteiger partial charge in [-0.1, -0.05) is 6.07 Å². The van der Waals surface area contributed by atoms with Crippen LogP contribution in [0.3, 0.4) is 0 Å². The van der Waals surface area contributed by atoms with Crippen molar-refractivity contribution in [3.8, 4) is 5.75 Å². The van der Waals surface area contributed by atoms with Gasteiger partial charge >= 0.3 is 0 Å². The maximum atomic E-state index is 11.5. The molecule has 80 valence electrons. The summed E-state index contributed by atoms with van der Waals surface area (Å²) in [4.78, 5) is 11.5. The fourth-order valence-electron chi connectivity index (χ4n) is 1.58. The molecule has 0 atom stereocenters. The van der Waals surface area contributed by atoms with Gasteiger partial charge in [-0.25, -0.2) is 0 Å². The molecular weight excluding hydrogens is 301 g/mol. The number of hydrogen-bond acceptors (Lipinski definition) is 2. The van der Waals surface area contributed by atoms with E-state index in [1.54, 1.807) is 6.07 Å². The van der Waals surface area contributed by atoms with Crippen LogP contribution in [0.5, 0.6) is 5.75 Å². The minimum atomic E-state index is 0.313. The van der Waals surface area contributed by atoms with Crippen molar-refractivity contribution in [1.82, 2.24) is 0 Å². The van der Waals surface area contributed by atoms with Gasteiger partial charge in [0.1, 0.15) is 11.5 Å². The molecule has 1 aromatic rings. The Morgan fingerprint density at radius 3 is 2.80 bits per heavy atom. The Balaban J connectivity index is 1.92. The third-order valence-electron chi connectivity index (χ3n) is 2.70. The molecule has 1 fully saturated rings. The molecule has 1 N–H and O–H groups in total. The molecule has 0 aliphatic heterocycles. The minimum Gasteiger partial charge on any atom is -0.507 e. The molecule has 2 rings (SSSR count). The van der Waals surface area contributed by atoms with Crippen LogP contribution in [-0.4, -0.2) is 10.9 Å². The van der Waals surface area contributed by atoms with Crippen molar-refractivity contribution >= 4 is 28.4 Å². The Morgan fingerprint density at radius 2 is 2.20 bits per heavy atom. The van der Waals surface area contributed by atoms with Crippen molar-refractivity contribution < 1.29 is 9.90 Å². The summed E-state index contributed by atoms with van der Waals surface area (Å²) in [5.74, 6) is 1.08. The second-order valence-electron chi connectivity index (χ2n) is 4.03. The first kappa shape index (κ1) is 10.9. The molecule has 0 heterocycles. The Kier molecular flexibility index (Phi) is 3.29. The number of benzene rings is 1. The van der Waals surface area contributed by atoms with E-state index in [1.165, 1.54) is 0 Å². The topological polar surface area (TPSA) is 37.3 Å². The fourth-order valence-corrected chi connectivity index (χ4v) is 2.16. The molecule has 15 heavy (non-hydrogen) atoms. The summed E-state index contributed by atoms with van der Waals surface area (Å²) in [5.41, 5.74) is 1.13. The second-order valence-corrected chi connectivity index (χ2v) is 5.19. The molecule has 0 bridgehead atoms. The molecule has 3 heteroatoms. The molecule has 0 saturated heterocycles. The lowest BCUT2D eigenvalue weighted by Crippen LogP contribution is -2.02. The third-order valence-corrected chi connectivity index (χ3v) is 3.57. The lowest BCUT2D eigenvalue weighted by molar-refractivity contribution is -0.120. The van der Waals surface area contributed by atoms with E-state index in [4.69, 9.17) is 0 Å². The van der Waals surface area contributed by atoms with E-state index in [2.05, 4.69) is 22.6 Å². The Labute approximate surface area is 103 Å². The molecule has 0 unspecified atom stereocenters. The lowest BCUT2D eigenvalue weighted by Gasteiger charge is -2.02. The number of phenolic OH excluding ortho intramolecular Hbond substituents is 1. The van der Waals surface area contributed by atoms with Crippen LogP contribution in [0.4, 0.5) is 0 Å². The van der Waals surface area contributed by atoms with Crippen molar-refractivity contribution in [3.05, 3.63) is 27.3 Å². The van der Waals surface area contributed by atoms with Crippen molar-refractivity contribution in [1.29, 1.82) is 0 Å². The van der Waals surface area contributed by atoms with Crippen molar-refractivity contribution in [2.75, 3.05) is 0 Å². The van der Waals surface area contributed by atoms with Gasteiger partial charge in [-0.2, -0.15) is 0 Å². The van der Waals surface area contributed by atoms with Crippen LogP contribution in [0, 0.1) is 9.49 Å².